The Hall–Kier alpha value is -3.93. The fourth-order valence-corrected chi connectivity index (χ4v) is 6.19. The van der Waals surface area contributed by atoms with E-state index in [2.05, 4.69) is 4.99 Å². The largest absolute Gasteiger partial charge is 0.459 e. The highest BCUT2D eigenvalue weighted by molar-refractivity contribution is 7.98. The van der Waals surface area contributed by atoms with Gasteiger partial charge in [-0.2, -0.15) is 0 Å². The monoisotopic (exact) mass is 609 g/mol. The number of allylic oxidation sites excluding steroid dienone is 1. The molecular weight excluding hydrogens is 586 g/mol. The normalized spacial score (nSPS) is 15.2. The molecule has 0 spiro atoms. The van der Waals surface area contributed by atoms with Crippen molar-refractivity contribution in [3.63, 3.8) is 0 Å². The number of fused-ring (bicyclic) bond motifs is 1. The number of nitro groups is 1. The van der Waals surface area contributed by atoms with E-state index in [0.29, 0.717) is 37.7 Å². The summed E-state index contributed by atoms with van der Waals surface area (Å²) >= 11 is 9.05. The standard InChI is InChI=1S/C29H24ClN3O6S2/c1-15(2)38-28(35)25-16(3)31-29-32(26(25)17-5-9-20(40-4)10-6-17)27(34)24(41-29)14-19-8-12-23(39-19)21-11-7-18(33(36)37)13-22(21)30/h5-15,26H,1-4H3/b24-14-/t26-/m0/s1. The molecule has 12 heteroatoms. The van der Waals surface area contributed by atoms with Crippen LogP contribution < -0.4 is 14.9 Å². The number of thiazole rings is 1. The number of aromatic nitrogens is 1. The van der Waals surface area contributed by atoms with Gasteiger partial charge in [-0.05, 0) is 62.9 Å². The maximum Gasteiger partial charge on any atom is 0.338 e. The number of rotatable bonds is 7. The molecule has 0 saturated heterocycles. The molecule has 2 aromatic heterocycles. The Labute approximate surface area is 247 Å². The number of nitro benzene ring substituents is 1. The zero-order valence-electron chi connectivity index (χ0n) is 22.4. The number of esters is 1. The molecule has 0 aliphatic carbocycles. The lowest BCUT2D eigenvalue weighted by Crippen LogP contribution is -2.40. The third-order valence-electron chi connectivity index (χ3n) is 6.34. The summed E-state index contributed by atoms with van der Waals surface area (Å²) in [6, 6.07) is 14.5. The van der Waals surface area contributed by atoms with Crippen molar-refractivity contribution < 1.29 is 18.9 Å². The van der Waals surface area contributed by atoms with Crippen LogP contribution in [0.3, 0.4) is 0 Å². The SMILES string of the molecule is CSc1ccc([C@H]2C(C(=O)OC(C)C)=C(C)N=c3s/c(=C\c4ccc(-c5ccc([N+](=O)[O-])cc5Cl)o4)c(=O)n32)cc1. The molecule has 0 saturated carbocycles. The Morgan fingerprint density at radius 1 is 1.22 bits per heavy atom. The first-order valence-corrected chi connectivity index (χ1v) is 14.9. The van der Waals surface area contributed by atoms with Crippen molar-refractivity contribution in [2.75, 3.05) is 6.26 Å². The second-order valence-corrected chi connectivity index (χ2v) is 11.7. The van der Waals surface area contributed by atoms with E-state index in [0.717, 1.165) is 10.5 Å². The van der Waals surface area contributed by atoms with Gasteiger partial charge in [0.25, 0.3) is 11.2 Å². The molecule has 4 aromatic rings. The highest BCUT2D eigenvalue weighted by Crippen LogP contribution is 2.33. The van der Waals surface area contributed by atoms with Crippen LogP contribution in [-0.4, -0.2) is 27.8 Å². The highest BCUT2D eigenvalue weighted by atomic mass is 35.5. The number of carbonyl (C=O) groups is 1. The molecule has 3 heterocycles. The van der Waals surface area contributed by atoms with Gasteiger partial charge in [0.05, 0.1) is 37.9 Å². The number of hydrogen-bond donors (Lipinski definition) is 0. The van der Waals surface area contributed by atoms with E-state index in [9.17, 15) is 19.7 Å². The van der Waals surface area contributed by atoms with E-state index in [1.807, 2.05) is 30.5 Å². The van der Waals surface area contributed by atoms with Gasteiger partial charge in [-0.1, -0.05) is 35.1 Å². The molecule has 0 radical (unpaired) electrons. The minimum atomic E-state index is -0.721. The number of benzene rings is 2. The topological polar surface area (TPSA) is 117 Å². The Kier molecular flexibility index (Phi) is 8.03. The number of halogens is 1. The minimum absolute atomic E-state index is 0.128. The number of nitrogens with zero attached hydrogens (tertiary/aromatic N) is 3. The summed E-state index contributed by atoms with van der Waals surface area (Å²) in [5.41, 5.74) is 1.57. The van der Waals surface area contributed by atoms with Gasteiger partial charge in [-0.25, -0.2) is 9.79 Å². The Morgan fingerprint density at radius 3 is 2.59 bits per heavy atom. The number of thioether (sulfide) groups is 1. The van der Waals surface area contributed by atoms with Crippen molar-refractivity contribution in [2.24, 2.45) is 4.99 Å². The molecule has 2 aromatic carbocycles. The van der Waals surface area contributed by atoms with E-state index in [-0.39, 0.29) is 22.4 Å². The lowest BCUT2D eigenvalue weighted by atomic mass is 9.96. The van der Waals surface area contributed by atoms with Gasteiger partial charge in [0, 0.05) is 28.7 Å². The smallest absolute Gasteiger partial charge is 0.338 e. The third kappa shape index (κ3) is 5.65. The maximum atomic E-state index is 13.8. The van der Waals surface area contributed by atoms with Crippen molar-refractivity contribution in [1.82, 2.24) is 4.57 Å². The van der Waals surface area contributed by atoms with Crippen LogP contribution in [0.2, 0.25) is 5.02 Å². The van der Waals surface area contributed by atoms with E-state index in [1.54, 1.807) is 50.7 Å². The molecule has 0 N–H and O–H groups in total. The lowest BCUT2D eigenvalue weighted by Gasteiger charge is -2.25. The first-order chi connectivity index (χ1) is 19.6. The zero-order chi connectivity index (χ0) is 29.4. The van der Waals surface area contributed by atoms with Gasteiger partial charge < -0.3 is 9.15 Å². The van der Waals surface area contributed by atoms with Crippen molar-refractivity contribution in [3.8, 4) is 11.3 Å². The van der Waals surface area contributed by atoms with E-state index < -0.39 is 16.9 Å². The van der Waals surface area contributed by atoms with Gasteiger partial charge in [-0.15, -0.1) is 11.8 Å². The fraction of sp³-hybridized carbons (Fsp3) is 0.207. The number of ether oxygens (including phenoxy) is 1. The first-order valence-electron chi connectivity index (χ1n) is 12.5. The van der Waals surface area contributed by atoms with Gasteiger partial charge in [0.2, 0.25) is 0 Å². The lowest BCUT2D eigenvalue weighted by molar-refractivity contribution is -0.384. The summed E-state index contributed by atoms with van der Waals surface area (Å²) in [4.78, 5) is 43.7. The number of non-ortho nitro benzene ring substituents is 1. The predicted octanol–water partition coefficient (Wildman–Crippen LogP) is 5.73. The van der Waals surface area contributed by atoms with E-state index >= 15 is 0 Å². The summed E-state index contributed by atoms with van der Waals surface area (Å²) in [6.07, 6.45) is 3.24. The Bertz CT molecular complexity index is 1890. The van der Waals surface area contributed by atoms with Gasteiger partial charge in [0.15, 0.2) is 4.80 Å². The summed E-state index contributed by atoms with van der Waals surface area (Å²) < 4.78 is 13.4. The van der Waals surface area contributed by atoms with Gasteiger partial charge in [-0.3, -0.25) is 19.5 Å². The van der Waals surface area contributed by atoms with Gasteiger partial charge >= 0.3 is 5.97 Å². The van der Waals surface area contributed by atoms with Crippen LogP contribution in [0.5, 0.6) is 0 Å². The van der Waals surface area contributed by atoms with Crippen LogP contribution in [0.15, 0.2) is 85.0 Å². The molecule has 1 aliphatic rings. The summed E-state index contributed by atoms with van der Waals surface area (Å²) in [6.45, 7) is 5.28. The molecule has 0 bridgehead atoms. The fourth-order valence-electron chi connectivity index (χ4n) is 4.48. The summed E-state index contributed by atoms with van der Waals surface area (Å²) in [5.74, 6) is 0.256. The van der Waals surface area contributed by atoms with Crippen molar-refractivity contribution >= 4 is 52.4 Å². The minimum Gasteiger partial charge on any atom is -0.459 e. The molecule has 9 nitrogen and oxygen atoms in total. The molecule has 5 rings (SSSR count). The number of carbonyl (C=O) groups excluding carboxylic acids is 1. The van der Waals surface area contributed by atoms with Crippen molar-refractivity contribution in [3.05, 3.63) is 112 Å². The molecule has 1 atom stereocenters. The second-order valence-electron chi connectivity index (χ2n) is 9.43. The van der Waals surface area contributed by atoms with Crippen molar-refractivity contribution in [1.29, 1.82) is 0 Å². The van der Waals surface area contributed by atoms with E-state index in [4.69, 9.17) is 20.8 Å². The van der Waals surface area contributed by atoms with Crippen LogP contribution in [0.1, 0.15) is 38.1 Å². The predicted molar refractivity (Wildman–Crippen MR) is 159 cm³/mol. The highest BCUT2D eigenvalue weighted by Gasteiger charge is 2.33. The molecule has 1 aliphatic heterocycles. The molecule has 0 fully saturated rings. The number of hydrogen-bond acceptors (Lipinski definition) is 9. The number of furan rings is 1. The van der Waals surface area contributed by atoms with Gasteiger partial charge in [0.1, 0.15) is 11.5 Å². The summed E-state index contributed by atoms with van der Waals surface area (Å²) in [7, 11) is 0. The first kappa shape index (κ1) is 28.6. The Morgan fingerprint density at radius 2 is 1.95 bits per heavy atom. The zero-order valence-corrected chi connectivity index (χ0v) is 24.8. The van der Waals surface area contributed by atoms with Crippen LogP contribution >= 0.6 is 34.7 Å². The van der Waals surface area contributed by atoms with Crippen LogP contribution in [-0.2, 0) is 9.53 Å². The molecule has 0 amide bonds. The third-order valence-corrected chi connectivity index (χ3v) is 8.38. The second kappa shape index (κ2) is 11.5. The Balaban J connectivity index is 1.60. The maximum absolute atomic E-state index is 13.8. The molecular formula is C29H24ClN3O6S2. The van der Waals surface area contributed by atoms with Crippen molar-refractivity contribution in [2.45, 2.75) is 37.8 Å². The van der Waals surface area contributed by atoms with E-state index in [1.165, 1.54) is 34.1 Å². The summed E-state index contributed by atoms with van der Waals surface area (Å²) in [5, 5.41) is 11.2. The van der Waals surface area contributed by atoms with Crippen LogP contribution in [0.4, 0.5) is 5.69 Å². The quantitative estimate of drug-likeness (QED) is 0.114. The van der Waals surface area contributed by atoms with Crippen LogP contribution in [0.25, 0.3) is 17.4 Å². The van der Waals surface area contributed by atoms with Crippen LogP contribution in [0, 0.1) is 10.1 Å². The molecule has 210 valence electrons. The average molecular weight is 610 g/mol. The molecule has 0 unspecified atom stereocenters. The molecule has 41 heavy (non-hydrogen) atoms. The average Bonchev–Trinajstić information content (AvgIpc) is 3.51.